The second kappa shape index (κ2) is 12.3. The lowest BCUT2D eigenvalue weighted by atomic mass is 9.79. The van der Waals surface area contributed by atoms with Gasteiger partial charge in [-0.25, -0.2) is 0 Å². The summed E-state index contributed by atoms with van der Waals surface area (Å²) in [6.07, 6.45) is 1.09. The first-order chi connectivity index (χ1) is 11.3. The van der Waals surface area contributed by atoms with E-state index in [0.29, 0.717) is 39.3 Å². The summed E-state index contributed by atoms with van der Waals surface area (Å²) in [5.74, 6) is -0.549. The zero-order valence-corrected chi connectivity index (χ0v) is 16.1. The molecular weight excluding hydrogens is 310 g/mol. The molecule has 6 heteroatoms. The minimum atomic E-state index is -0.668. The molecule has 1 N–H and O–H groups in total. The lowest BCUT2D eigenvalue weighted by Gasteiger charge is -2.28. The van der Waals surface area contributed by atoms with Crippen LogP contribution in [0.5, 0.6) is 0 Å². The Morgan fingerprint density at radius 1 is 1.00 bits per heavy atom. The highest BCUT2D eigenvalue weighted by Crippen LogP contribution is 2.31. The van der Waals surface area contributed by atoms with Gasteiger partial charge in [0.2, 0.25) is 5.91 Å². The largest absolute Gasteiger partial charge is 0.463 e. The molecule has 0 spiro atoms. The minimum absolute atomic E-state index is 0.0308. The van der Waals surface area contributed by atoms with Crippen LogP contribution in [0.25, 0.3) is 0 Å². The average Bonchev–Trinajstić information content (AvgIpc) is 2.52. The van der Waals surface area contributed by atoms with Crippen molar-refractivity contribution in [2.75, 3.05) is 33.0 Å². The van der Waals surface area contributed by atoms with Crippen molar-refractivity contribution in [3.05, 3.63) is 0 Å². The molecule has 0 aromatic rings. The summed E-state index contributed by atoms with van der Waals surface area (Å²) < 4.78 is 15.8. The Hall–Kier alpha value is -1.14. The summed E-state index contributed by atoms with van der Waals surface area (Å²) in [6.45, 7) is 13.7. The van der Waals surface area contributed by atoms with Crippen LogP contribution in [0.15, 0.2) is 0 Å². The molecule has 0 fully saturated rings. The van der Waals surface area contributed by atoms with Crippen molar-refractivity contribution in [3.8, 4) is 0 Å². The van der Waals surface area contributed by atoms with Crippen LogP contribution in [-0.4, -0.2) is 51.0 Å². The first-order valence-electron chi connectivity index (χ1n) is 8.89. The lowest BCUT2D eigenvalue weighted by Crippen LogP contribution is -2.39. The number of carbonyl (C=O) groups excluding carboxylic acids is 2. The lowest BCUT2D eigenvalue weighted by molar-refractivity contribution is -0.158. The summed E-state index contributed by atoms with van der Waals surface area (Å²) >= 11 is 0. The van der Waals surface area contributed by atoms with Gasteiger partial charge in [-0.15, -0.1) is 0 Å². The van der Waals surface area contributed by atoms with Crippen LogP contribution in [0, 0.1) is 11.3 Å². The number of rotatable bonds is 13. The third-order valence-electron chi connectivity index (χ3n) is 3.95. The standard InChI is InChI=1S/C18H35NO5/c1-7-18(6,13-15(5)16(20)19-14(3)4)17(21)24-12-11-23-10-9-22-8-2/h14-15H,7-13H2,1-6H3,(H,19,20). The number of hydrogen-bond donors (Lipinski definition) is 1. The summed E-state index contributed by atoms with van der Waals surface area (Å²) in [7, 11) is 0. The third kappa shape index (κ3) is 9.23. The molecule has 142 valence electrons. The van der Waals surface area contributed by atoms with Gasteiger partial charge < -0.3 is 19.5 Å². The second-order valence-corrected chi connectivity index (χ2v) is 6.63. The molecule has 0 saturated carbocycles. The van der Waals surface area contributed by atoms with Gasteiger partial charge in [-0.1, -0.05) is 13.8 Å². The van der Waals surface area contributed by atoms with Crippen LogP contribution in [0.1, 0.15) is 54.4 Å². The molecule has 0 aromatic carbocycles. The molecule has 0 radical (unpaired) electrons. The van der Waals surface area contributed by atoms with Gasteiger partial charge in [0.15, 0.2) is 0 Å². The Balaban J connectivity index is 4.27. The van der Waals surface area contributed by atoms with E-state index >= 15 is 0 Å². The zero-order valence-electron chi connectivity index (χ0n) is 16.1. The molecule has 2 atom stereocenters. The van der Waals surface area contributed by atoms with Crippen molar-refractivity contribution in [1.29, 1.82) is 0 Å². The molecule has 0 aromatic heterocycles. The molecule has 0 aliphatic heterocycles. The molecule has 0 aliphatic rings. The van der Waals surface area contributed by atoms with Gasteiger partial charge in [-0.2, -0.15) is 0 Å². The molecule has 1 amide bonds. The molecule has 0 rings (SSSR count). The van der Waals surface area contributed by atoms with E-state index in [1.165, 1.54) is 0 Å². The topological polar surface area (TPSA) is 73.9 Å². The van der Waals surface area contributed by atoms with Gasteiger partial charge >= 0.3 is 5.97 Å². The molecular formula is C18H35NO5. The maximum absolute atomic E-state index is 12.4. The van der Waals surface area contributed by atoms with Gasteiger partial charge in [0.25, 0.3) is 0 Å². The van der Waals surface area contributed by atoms with E-state index in [9.17, 15) is 9.59 Å². The molecule has 2 unspecified atom stereocenters. The summed E-state index contributed by atoms with van der Waals surface area (Å²) in [4.78, 5) is 24.4. The van der Waals surface area contributed by atoms with Crippen molar-refractivity contribution >= 4 is 11.9 Å². The van der Waals surface area contributed by atoms with Crippen LogP contribution in [0.2, 0.25) is 0 Å². The van der Waals surface area contributed by atoms with Crippen LogP contribution >= 0.6 is 0 Å². The predicted octanol–water partition coefficient (Wildman–Crippen LogP) is 2.55. The number of hydrogen-bond acceptors (Lipinski definition) is 5. The number of ether oxygens (including phenoxy) is 3. The molecule has 0 aliphatic carbocycles. The smallest absolute Gasteiger partial charge is 0.311 e. The molecule has 6 nitrogen and oxygen atoms in total. The Morgan fingerprint density at radius 3 is 2.12 bits per heavy atom. The van der Waals surface area contributed by atoms with Crippen molar-refractivity contribution < 1.29 is 23.8 Å². The van der Waals surface area contributed by atoms with Gasteiger partial charge in [0, 0.05) is 18.6 Å². The quantitative estimate of drug-likeness (QED) is 0.410. The van der Waals surface area contributed by atoms with E-state index < -0.39 is 5.41 Å². The van der Waals surface area contributed by atoms with E-state index in [2.05, 4.69) is 5.32 Å². The van der Waals surface area contributed by atoms with E-state index in [1.54, 1.807) is 0 Å². The van der Waals surface area contributed by atoms with Gasteiger partial charge in [0.1, 0.15) is 6.61 Å². The number of amides is 1. The fourth-order valence-corrected chi connectivity index (χ4v) is 2.30. The van der Waals surface area contributed by atoms with Gasteiger partial charge in [-0.05, 0) is 40.5 Å². The Morgan fingerprint density at radius 2 is 1.58 bits per heavy atom. The molecule has 24 heavy (non-hydrogen) atoms. The Kier molecular flexibility index (Phi) is 11.7. The van der Waals surface area contributed by atoms with Crippen molar-refractivity contribution in [2.24, 2.45) is 11.3 Å². The van der Waals surface area contributed by atoms with Gasteiger partial charge in [0.05, 0.1) is 25.2 Å². The first-order valence-corrected chi connectivity index (χ1v) is 8.89. The average molecular weight is 345 g/mol. The SMILES string of the molecule is CCOCCOCCOC(=O)C(C)(CC)CC(C)C(=O)NC(C)C. The highest BCUT2D eigenvalue weighted by Gasteiger charge is 2.36. The first kappa shape index (κ1) is 22.9. The van der Waals surface area contributed by atoms with Crippen molar-refractivity contribution in [2.45, 2.75) is 60.4 Å². The van der Waals surface area contributed by atoms with Crippen LogP contribution < -0.4 is 5.32 Å². The monoisotopic (exact) mass is 345 g/mol. The molecule has 0 saturated heterocycles. The van der Waals surface area contributed by atoms with Crippen LogP contribution in [0.3, 0.4) is 0 Å². The highest BCUT2D eigenvalue weighted by molar-refractivity contribution is 5.81. The molecule has 0 heterocycles. The number of nitrogens with one attached hydrogen (secondary N) is 1. The Labute approximate surface area is 146 Å². The maximum Gasteiger partial charge on any atom is 0.311 e. The van der Waals surface area contributed by atoms with E-state index in [1.807, 2.05) is 41.5 Å². The third-order valence-corrected chi connectivity index (χ3v) is 3.95. The van der Waals surface area contributed by atoms with Crippen molar-refractivity contribution in [3.63, 3.8) is 0 Å². The fraction of sp³-hybridized carbons (Fsp3) is 0.889. The number of carbonyl (C=O) groups is 2. The minimum Gasteiger partial charge on any atom is -0.463 e. The summed E-state index contributed by atoms with van der Waals surface area (Å²) in [5, 5.41) is 2.88. The van der Waals surface area contributed by atoms with Gasteiger partial charge in [-0.3, -0.25) is 9.59 Å². The summed E-state index contributed by atoms with van der Waals surface area (Å²) in [6, 6.07) is 0.0913. The fourth-order valence-electron chi connectivity index (χ4n) is 2.30. The Bertz CT molecular complexity index is 372. The van der Waals surface area contributed by atoms with E-state index in [-0.39, 0.29) is 30.4 Å². The van der Waals surface area contributed by atoms with Crippen LogP contribution in [0.4, 0.5) is 0 Å². The highest BCUT2D eigenvalue weighted by atomic mass is 16.6. The van der Waals surface area contributed by atoms with E-state index in [0.717, 1.165) is 0 Å². The maximum atomic E-state index is 12.4. The number of esters is 1. The molecule has 0 bridgehead atoms. The second-order valence-electron chi connectivity index (χ2n) is 6.63. The summed E-state index contributed by atoms with van der Waals surface area (Å²) in [5.41, 5.74) is -0.668. The van der Waals surface area contributed by atoms with Crippen LogP contribution in [-0.2, 0) is 23.8 Å². The zero-order chi connectivity index (χ0) is 18.6. The predicted molar refractivity (Wildman–Crippen MR) is 93.7 cm³/mol. The van der Waals surface area contributed by atoms with Crippen molar-refractivity contribution in [1.82, 2.24) is 5.32 Å². The normalized spacial score (nSPS) is 15.0. The van der Waals surface area contributed by atoms with E-state index in [4.69, 9.17) is 14.2 Å².